The van der Waals surface area contributed by atoms with E-state index in [2.05, 4.69) is 5.32 Å². The molecule has 1 atom stereocenters. The zero-order chi connectivity index (χ0) is 16.9. The summed E-state index contributed by atoms with van der Waals surface area (Å²) < 4.78 is 10.7. The molecule has 0 radical (unpaired) electrons. The van der Waals surface area contributed by atoms with E-state index >= 15 is 0 Å². The predicted molar refractivity (Wildman–Crippen MR) is 96.7 cm³/mol. The smallest absolute Gasteiger partial charge is 0.231 e. The third-order valence-electron chi connectivity index (χ3n) is 3.67. The summed E-state index contributed by atoms with van der Waals surface area (Å²) in [6.07, 6.45) is 0. The molecule has 4 nitrogen and oxygen atoms in total. The maximum Gasteiger partial charge on any atom is 0.231 e. The summed E-state index contributed by atoms with van der Waals surface area (Å²) in [5.74, 6) is 2.64. The number of benzene rings is 2. The minimum Gasteiger partial charge on any atom is -0.454 e. The first-order chi connectivity index (χ1) is 11.6. The van der Waals surface area contributed by atoms with Crippen molar-refractivity contribution >= 4 is 29.3 Å². The van der Waals surface area contributed by atoms with Gasteiger partial charge in [-0.1, -0.05) is 29.8 Å². The second-order valence-corrected chi connectivity index (χ2v) is 6.95. The molecule has 1 amide bonds. The average molecular weight is 364 g/mol. The molecule has 0 saturated heterocycles. The highest BCUT2D eigenvalue weighted by molar-refractivity contribution is 7.99. The Balaban J connectivity index is 1.47. The van der Waals surface area contributed by atoms with Gasteiger partial charge in [-0.05, 0) is 42.3 Å². The van der Waals surface area contributed by atoms with Crippen molar-refractivity contribution in [2.24, 2.45) is 0 Å². The van der Waals surface area contributed by atoms with Gasteiger partial charge in [-0.2, -0.15) is 0 Å². The maximum absolute atomic E-state index is 12.1. The van der Waals surface area contributed by atoms with Crippen LogP contribution in [0.15, 0.2) is 42.5 Å². The van der Waals surface area contributed by atoms with Gasteiger partial charge in [0.15, 0.2) is 11.5 Å². The quantitative estimate of drug-likeness (QED) is 0.836. The van der Waals surface area contributed by atoms with Crippen molar-refractivity contribution in [3.63, 3.8) is 0 Å². The predicted octanol–water partition coefficient (Wildman–Crippen LogP) is 4.18. The van der Waals surface area contributed by atoms with E-state index in [9.17, 15) is 4.79 Å². The van der Waals surface area contributed by atoms with E-state index in [4.69, 9.17) is 21.1 Å². The third-order valence-corrected chi connectivity index (χ3v) is 4.90. The highest BCUT2D eigenvalue weighted by Gasteiger charge is 2.16. The first-order valence-electron chi connectivity index (χ1n) is 7.63. The van der Waals surface area contributed by atoms with Crippen LogP contribution in [0.4, 0.5) is 0 Å². The van der Waals surface area contributed by atoms with Crippen LogP contribution in [0, 0.1) is 0 Å². The first-order valence-corrected chi connectivity index (χ1v) is 9.16. The van der Waals surface area contributed by atoms with Crippen LogP contribution in [0.2, 0.25) is 5.02 Å². The van der Waals surface area contributed by atoms with Crippen molar-refractivity contribution in [2.75, 3.05) is 12.5 Å². The molecule has 0 spiro atoms. The van der Waals surface area contributed by atoms with Crippen molar-refractivity contribution in [1.82, 2.24) is 5.32 Å². The van der Waals surface area contributed by atoms with Crippen LogP contribution in [0.1, 0.15) is 24.1 Å². The maximum atomic E-state index is 12.1. The van der Waals surface area contributed by atoms with E-state index in [-0.39, 0.29) is 18.7 Å². The highest BCUT2D eigenvalue weighted by atomic mass is 35.5. The standard InChI is InChI=1S/C18H18ClNO3S/c1-12(14-5-6-16-17(8-14)23-11-22-16)20-18(21)10-24-9-13-3-2-4-15(19)7-13/h2-8,12H,9-11H2,1H3,(H,20,21). The molecule has 0 aliphatic carbocycles. The molecule has 1 N–H and O–H groups in total. The molecule has 0 bridgehead atoms. The Bertz CT molecular complexity index is 738. The van der Waals surface area contributed by atoms with E-state index < -0.39 is 0 Å². The lowest BCUT2D eigenvalue weighted by molar-refractivity contribution is -0.119. The van der Waals surface area contributed by atoms with Crippen molar-refractivity contribution < 1.29 is 14.3 Å². The first kappa shape index (κ1) is 17.0. The lowest BCUT2D eigenvalue weighted by Crippen LogP contribution is -2.28. The number of carbonyl (C=O) groups is 1. The summed E-state index contributed by atoms with van der Waals surface area (Å²) >= 11 is 7.52. The Kier molecular flexibility index (Phi) is 5.53. The number of thioether (sulfide) groups is 1. The largest absolute Gasteiger partial charge is 0.454 e. The molecule has 0 saturated carbocycles. The third kappa shape index (κ3) is 4.36. The van der Waals surface area contributed by atoms with Crippen molar-refractivity contribution in [3.8, 4) is 11.5 Å². The Labute approximate surface area is 150 Å². The fraction of sp³-hybridized carbons (Fsp3) is 0.278. The van der Waals surface area contributed by atoms with E-state index in [1.54, 1.807) is 11.8 Å². The number of amides is 1. The molecule has 0 fully saturated rings. The number of carbonyl (C=O) groups excluding carboxylic acids is 1. The number of rotatable bonds is 6. The Morgan fingerprint density at radius 1 is 1.25 bits per heavy atom. The van der Waals surface area contributed by atoms with Crippen LogP contribution in [0.3, 0.4) is 0 Å². The molecule has 1 heterocycles. The number of hydrogen-bond donors (Lipinski definition) is 1. The lowest BCUT2D eigenvalue weighted by atomic mass is 10.1. The summed E-state index contributed by atoms with van der Waals surface area (Å²) in [5, 5.41) is 3.72. The molecule has 6 heteroatoms. The lowest BCUT2D eigenvalue weighted by Gasteiger charge is -2.14. The molecule has 0 aromatic heterocycles. The van der Waals surface area contributed by atoms with Gasteiger partial charge in [0.05, 0.1) is 11.8 Å². The number of nitrogens with one attached hydrogen (secondary N) is 1. The van der Waals surface area contributed by atoms with Gasteiger partial charge < -0.3 is 14.8 Å². The van der Waals surface area contributed by atoms with Crippen LogP contribution in [0.5, 0.6) is 11.5 Å². The van der Waals surface area contributed by atoms with E-state index in [0.717, 1.165) is 28.4 Å². The van der Waals surface area contributed by atoms with E-state index in [1.807, 2.05) is 49.4 Å². The van der Waals surface area contributed by atoms with Crippen LogP contribution < -0.4 is 14.8 Å². The zero-order valence-corrected chi connectivity index (χ0v) is 14.8. The Hall–Kier alpha value is -1.85. The van der Waals surface area contributed by atoms with Gasteiger partial charge in [0.1, 0.15) is 0 Å². The Morgan fingerprint density at radius 2 is 2.08 bits per heavy atom. The second-order valence-electron chi connectivity index (χ2n) is 5.52. The normalized spacial score (nSPS) is 13.6. The minimum atomic E-state index is -0.0845. The summed E-state index contributed by atoms with van der Waals surface area (Å²) in [4.78, 5) is 12.1. The van der Waals surface area contributed by atoms with Gasteiger partial charge in [0.25, 0.3) is 0 Å². The van der Waals surface area contributed by atoms with Crippen LogP contribution in [-0.2, 0) is 10.5 Å². The SMILES string of the molecule is CC(NC(=O)CSCc1cccc(Cl)c1)c1ccc2c(c1)OCO2. The van der Waals surface area contributed by atoms with Crippen LogP contribution in [0.25, 0.3) is 0 Å². The molecule has 2 aromatic rings. The molecule has 1 aliphatic rings. The van der Waals surface area contributed by atoms with Crippen molar-refractivity contribution in [2.45, 2.75) is 18.7 Å². The molecule has 24 heavy (non-hydrogen) atoms. The summed E-state index contributed by atoms with van der Waals surface area (Å²) in [5.41, 5.74) is 2.11. The van der Waals surface area contributed by atoms with Gasteiger partial charge in [-0.3, -0.25) is 4.79 Å². The fourth-order valence-corrected chi connectivity index (χ4v) is 3.44. The van der Waals surface area contributed by atoms with Gasteiger partial charge >= 0.3 is 0 Å². The van der Waals surface area contributed by atoms with Gasteiger partial charge in [-0.25, -0.2) is 0 Å². The van der Waals surface area contributed by atoms with Crippen molar-refractivity contribution in [1.29, 1.82) is 0 Å². The molecule has 3 rings (SSSR count). The molecule has 2 aromatic carbocycles. The van der Waals surface area contributed by atoms with Gasteiger partial charge in [0, 0.05) is 10.8 Å². The van der Waals surface area contributed by atoms with Gasteiger partial charge in [0.2, 0.25) is 12.7 Å². The second kappa shape index (κ2) is 7.81. The average Bonchev–Trinajstić information content (AvgIpc) is 3.02. The fourth-order valence-electron chi connectivity index (χ4n) is 2.44. The molecular formula is C18H18ClNO3S. The molecule has 1 unspecified atom stereocenters. The number of hydrogen-bond acceptors (Lipinski definition) is 4. The number of ether oxygens (including phenoxy) is 2. The Morgan fingerprint density at radius 3 is 2.92 bits per heavy atom. The van der Waals surface area contributed by atoms with Gasteiger partial charge in [-0.15, -0.1) is 11.8 Å². The number of fused-ring (bicyclic) bond motifs is 1. The topological polar surface area (TPSA) is 47.6 Å². The highest BCUT2D eigenvalue weighted by Crippen LogP contribution is 2.34. The summed E-state index contributed by atoms with van der Waals surface area (Å²) in [6, 6.07) is 13.3. The van der Waals surface area contributed by atoms with Crippen LogP contribution >= 0.6 is 23.4 Å². The van der Waals surface area contributed by atoms with E-state index in [0.29, 0.717) is 10.8 Å². The van der Waals surface area contributed by atoms with Crippen LogP contribution in [-0.4, -0.2) is 18.5 Å². The summed E-state index contributed by atoms with van der Waals surface area (Å²) in [7, 11) is 0. The summed E-state index contributed by atoms with van der Waals surface area (Å²) in [6.45, 7) is 2.21. The monoisotopic (exact) mass is 363 g/mol. The zero-order valence-electron chi connectivity index (χ0n) is 13.3. The van der Waals surface area contributed by atoms with E-state index in [1.165, 1.54) is 0 Å². The molecule has 126 valence electrons. The number of halogens is 1. The minimum absolute atomic E-state index is 0.00666. The van der Waals surface area contributed by atoms with Crippen molar-refractivity contribution in [3.05, 3.63) is 58.6 Å². The molecular weight excluding hydrogens is 346 g/mol. The molecule has 1 aliphatic heterocycles.